The van der Waals surface area contributed by atoms with E-state index in [0.29, 0.717) is 12.3 Å². The van der Waals surface area contributed by atoms with Crippen LogP contribution in [-0.2, 0) is 6.54 Å². The van der Waals surface area contributed by atoms with Crippen molar-refractivity contribution in [2.45, 2.75) is 45.1 Å². The summed E-state index contributed by atoms with van der Waals surface area (Å²) in [6, 6.07) is 7.99. The smallest absolute Gasteiger partial charge is 0.169 e. The van der Waals surface area contributed by atoms with Crippen LogP contribution in [0.15, 0.2) is 24.3 Å². The van der Waals surface area contributed by atoms with Crippen molar-refractivity contribution in [3.63, 3.8) is 0 Å². The van der Waals surface area contributed by atoms with Crippen LogP contribution >= 0.6 is 0 Å². The maximum atomic E-state index is 13.1. The summed E-state index contributed by atoms with van der Waals surface area (Å²) in [6.07, 6.45) is 7.58. The second kappa shape index (κ2) is 4.42. The molecule has 0 atom stereocenters. The van der Waals surface area contributed by atoms with E-state index < -0.39 is 0 Å². The molecule has 0 heterocycles. The SMILES string of the molecule is NCc1cccc(C(=O)C23CC4CC(CC(C4)C2)C3)c1. The number of Topliss-reactive ketones (excluding diaryl/α,β-unsaturated/α-hetero) is 1. The van der Waals surface area contributed by atoms with Gasteiger partial charge in [0.2, 0.25) is 0 Å². The minimum Gasteiger partial charge on any atom is -0.326 e. The average molecular weight is 269 g/mol. The van der Waals surface area contributed by atoms with E-state index >= 15 is 0 Å². The van der Waals surface area contributed by atoms with Gasteiger partial charge >= 0.3 is 0 Å². The van der Waals surface area contributed by atoms with Crippen LogP contribution < -0.4 is 5.73 Å². The van der Waals surface area contributed by atoms with Crippen molar-refractivity contribution in [1.82, 2.24) is 0 Å². The predicted molar refractivity (Wildman–Crippen MR) is 79.3 cm³/mol. The molecule has 4 fully saturated rings. The van der Waals surface area contributed by atoms with Crippen molar-refractivity contribution >= 4 is 5.78 Å². The van der Waals surface area contributed by atoms with E-state index in [1.54, 1.807) is 0 Å². The predicted octanol–water partition coefficient (Wildman–Crippen LogP) is 3.54. The Hall–Kier alpha value is -1.15. The van der Waals surface area contributed by atoms with Gasteiger partial charge in [0, 0.05) is 17.5 Å². The van der Waals surface area contributed by atoms with Gasteiger partial charge in [-0.15, -0.1) is 0 Å². The zero-order valence-electron chi connectivity index (χ0n) is 12.0. The standard InChI is InChI=1S/C18H23NO/c19-11-12-2-1-3-16(7-12)17(20)18-8-13-4-14(9-18)6-15(5-13)10-18/h1-3,7,13-15H,4-6,8-11,19H2. The van der Waals surface area contributed by atoms with Gasteiger partial charge < -0.3 is 5.73 Å². The molecule has 4 saturated carbocycles. The Bertz CT molecular complexity index is 513. The molecule has 106 valence electrons. The van der Waals surface area contributed by atoms with Crippen LogP contribution in [0.5, 0.6) is 0 Å². The van der Waals surface area contributed by atoms with Gasteiger partial charge in [-0.1, -0.05) is 18.2 Å². The zero-order valence-corrected chi connectivity index (χ0v) is 12.0. The van der Waals surface area contributed by atoms with Crippen LogP contribution in [-0.4, -0.2) is 5.78 Å². The van der Waals surface area contributed by atoms with Gasteiger partial charge in [0.05, 0.1) is 0 Å². The van der Waals surface area contributed by atoms with Crippen molar-refractivity contribution in [2.75, 3.05) is 0 Å². The Morgan fingerprint density at radius 3 is 2.25 bits per heavy atom. The van der Waals surface area contributed by atoms with Crippen LogP contribution in [0.1, 0.15) is 54.4 Å². The third kappa shape index (κ3) is 1.85. The molecule has 1 aromatic rings. The Morgan fingerprint density at radius 1 is 1.10 bits per heavy atom. The molecule has 0 radical (unpaired) electrons. The van der Waals surface area contributed by atoms with E-state index in [-0.39, 0.29) is 5.41 Å². The largest absolute Gasteiger partial charge is 0.326 e. The minimum absolute atomic E-state index is 0.0258. The maximum absolute atomic E-state index is 13.1. The Kier molecular flexibility index (Phi) is 2.78. The molecule has 0 spiro atoms. The summed E-state index contributed by atoms with van der Waals surface area (Å²) in [6.45, 7) is 0.516. The molecular formula is C18H23NO. The molecule has 1 aromatic carbocycles. The highest BCUT2D eigenvalue weighted by Gasteiger charge is 2.54. The van der Waals surface area contributed by atoms with Crippen LogP contribution in [0.25, 0.3) is 0 Å². The topological polar surface area (TPSA) is 43.1 Å². The third-order valence-corrected chi connectivity index (χ3v) is 5.94. The van der Waals surface area contributed by atoms with Gasteiger partial charge in [0.25, 0.3) is 0 Å². The number of carbonyl (C=O) groups excluding carboxylic acids is 1. The number of benzene rings is 1. The van der Waals surface area contributed by atoms with Crippen molar-refractivity contribution in [3.05, 3.63) is 35.4 Å². The molecule has 2 nitrogen and oxygen atoms in total. The van der Waals surface area contributed by atoms with E-state index in [2.05, 4.69) is 0 Å². The van der Waals surface area contributed by atoms with E-state index in [1.807, 2.05) is 24.3 Å². The Balaban J connectivity index is 1.67. The number of rotatable bonds is 3. The Morgan fingerprint density at radius 2 is 1.70 bits per heavy atom. The van der Waals surface area contributed by atoms with Crippen LogP contribution in [0.2, 0.25) is 0 Å². The van der Waals surface area contributed by atoms with Gasteiger partial charge in [-0.25, -0.2) is 0 Å². The van der Waals surface area contributed by atoms with Gasteiger partial charge in [-0.2, -0.15) is 0 Å². The van der Waals surface area contributed by atoms with Crippen molar-refractivity contribution in [3.8, 4) is 0 Å². The first-order chi connectivity index (χ1) is 9.68. The quantitative estimate of drug-likeness (QED) is 0.853. The molecule has 2 N–H and O–H groups in total. The van der Waals surface area contributed by atoms with Crippen molar-refractivity contribution < 1.29 is 4.79 Å². The maximum Gasteiger partial charge on any atom is 0.169 e. The summed E-state index contributed by atoms with van der Waals surface area (Å²) in [5, 5.41) is 0. The van der Waals surface area contributed by atoms with E-state index in [1.165, 1.54) is 19.3 Å². The van der Waals surface area contributed by atoms with Crippen LogP contribution in [0.4, 0.5) is 0 Å². The fourth-order valence-electron chi connectivity index (χ4n) is 5.53. The monoisotopic (exact) mass is 269 g/mol. The molecule has 2 heteroatoms. The zero-order chi connectivity index (χ0) is 13.7. The summed E-state index contributed by atoms with van der Waals surface area (Å²) >= 11 is 0. The normalized spacial score (nSPS) is 38.1. The van der Waals surface area contributed by atoms with Crippen molar-refractivity contribution in [2.24, 2.45) is 28.9 Å². The first-order valence-corrected chi connectivity index (χ1v) is 8.02. The third-order valence-electron chi connectivity index (χ3n) is 5.94. The molecule has 4 aliphatic carbocycles. The van der Waals surface area contributed by atoms with Gasteiger partial charge in [-0.05, 0) is 67.9 Å². The first kappa shape index (κ1) is 12.6. The second-order valence-corrected chi connectivity index (χ2v) is 7.43. The molecule has 0 saturated heterocycles. The van der Waals surface area contributed by atoms with Crippen LogP contribution in [0, 0.1) is 23.2 Å². The molecule has 0 aromatic heterocycles. The molecular weight excluding hydrogens is 246 g/mol. The van der Waals surface area contributed by atoms with E-state index in [9.17, 15) is 4.79 Å². The summed E-state index contributed by atoms with van der Waals surface area (Å²) in [4.78, 5) is 13.1. The lowest BCUT2D eigenvalue weighted by atomic mass is 9.48. The summed E-state index contributed by atoms with van der Waals surface area (Å²) in [7, 11) is 0. The highest BCUT2D eigenvalue weighted by molar-refractivity contribution is 6.01. The molecule has 4 aliphatic rings. The molecule has 0 aliphatic heterocycles. The molecule has 20 heavy (non-hydrogen) atoms. The first-order valence-electron chi connectivity index (χ1n) is 8.02. The molecule has 0 unspecified atom stereocenters. The number of ketones is 1. The lowest BCUT2D eigenvalue weighted by molar-refractivity contribution is -0.0353. The highest BCUT2D eigenvalue weighted by Crippen LogP contribution is 2.60. The van der Waals surface area contributed by atoms with Gasteiger partial charge in [-0.3, -0.25) is 4.79 Å². The molecule has 0 amide bonds. The van der Waals surface area contributed by atoms with Crippen molar-refractivity contribution in [1.29, 1.82) is 0 Å². The highest BCUT2D eigenvalue weighted by atomic mass is 16.1. The fourth-order valence-corrected chi connectivity index (χ4v) is 5.53. The van der Waals surface area contributed by atoms with Crippen LogP contribution in [0.3, 0.4) is 0 Å². The molecule has 4 bridgehead atoms. The number of nitrogens with two attached hydrogens (primary N) is 1. The minimum atomic E-state index is -0.0258. The number of carbonyl (C=O) groups is 1. The second-order valence-electron chi connectivity index (χ2n) is 7.43. The van der Waals surface area contributed by atoms with E-state index in [4.69, 9.17) is 5.73 Å². The summed E-state index contributed by atoms with van der Waals surface area (Å²) in [5.41, 5.74) is 7.66. The average Bonchev–Trinajstić information content (AvgIpc) is 2.45. The van der Waals surface area contributed by atoms with Gasteiger partial charge in [0.1, 0.15) is 0 Å². The fraction of sp³-hybridized carbons (Fsp3) is 0.611. The number of hydrogen-bond acceptors (Lipinski definition) is 2. The molecule has 5 rings (SSSR count). The summed E-state index contributed by atoms with van der Waals surface area (Å²) in [5.74, 6) is 2.88. The van der Waals surface area contributed by atoms with Gasteiger partial charge in [0.15, 0.2) is 5.78 Å². The van der Waals surface area contributed by atoms with E-state index in [0.717, 1.165) is 48.1 Å². The lowest BCUT2D eigenvalue weighted by Crippen LogP contribution is -2.50. The lowest BCUT2D eigenvalue weighted by Gasteiger charge is -2.56. The number of hydrogen-bond donors (Lipinski definition) is 1. The summed E-state index contributed by atoms with van der Waals surface area (Å²) < 4.78 is 0. The Labute approximate surface area is 120 Å².